The molecule has 0 aliphatic rings. The SMILES string of the molecule is C.Cc1c(C(C)C)[nH]c(=O)c(C)c1C.Cc1c(C)c(C)c(C(C)C)c(C)c1C.Cc1nc(C)c(C(C)C)c(C)c1C.Cc1nc(C)c(C(C)C)c(C)n1.Cc1nc(C)c(C(C)C)nc1C.Cc1nc(C)c(C(C)C)s1.Cc1oc(C(C)C)c(C)c1C.Cc1onc(C(C)C)c1C.Cc1sc(C(C)C)c(C)c1C.Cc1sc(C)c(C(C)C)c1C. The van der Waals surface area contributed by atoms with Crippen molar-refractivity contribution in [3.8, 4) is 0 Å². The second-order valence-corrected chi connectivity index (χ2v) is 39.6. The van der Waals surface area contributed by atoms with Gasteiger partial charge in [0, 0.05) is 69.9 Å². The maximum absolute atomic E-state index is 11.5. The molecule has 0 atom stereocenters. The molecule has 0 bridgehead atoms. The lowest BCUT2D eigenvalue weighted by Gasteiger charge is -2.21. The lowest BCUT2D eigenvalue weighted by atomic mass is 9.85. The summed E-state index contributed by atoms with van der Waals surface area (Å²) < 4.78 is 10.6. The Morgan fingerprint density at radius 2 is 0.678 bits per heavy atom. The van der Waals surface area contributed by atoms with Crippen LogP contribution in [0.4, 0.5) is 0 Å². The van der Waals surface area contributed by atoms with E-state index in [9.17, 15) is 4.79 Å². The van der Waals surface area contributed by atoms with Crippen molar-refractivity contribution in [2.24, 2.45) is 0 Å². The topological polar surface area (TPSA) is 149 Å². The molecule has 1 N–H and O–H groups in total. The maximum Gasteiger partial charge on any atom is 0.251 e. The number of benzene rings is 1. The van der Waals surface area contributed by atoms with E-state index in [1.54, 1.807) is 16.0 Å². The van der Waals surface area contributed by atoms with Gasteiger partial charge >= 0.3 is 0 Å². The highest BCUT2D eigenvalue weighted by molar-refractivity contribution is 7.12. The average molecular weight is 1670 g/mol. The molecular weight excluding hydrogens is 1510 g/mol. The van der Waals surface area contributed by atoms with E-state index in [1.165, 1.54) is 131 Å². The molecule has 10 rings (SSSR count). The number of hydrogen-bond donors (Lipinski definition) is 1. The summed E-state index contributed by atoms with van der Waals surface area (Å²) in [6, 6.07) is 0. The highest BCUT2D eigenvalue weighted by Gasteiger charge is 2.20. The van der Waals surface area contributed by atoms with Gasteiger partial charge in [-0.15, -0.1) is 34.0 Å². The minimum atomic E-state index is 0. The molecule has 118 heavy (non-hydrogen) atoms. The van der Waals surface area contributed by atoms with Crippen LogP contribution in [0.15, 0.2) is 13.7 Å². The Hall–Kier alpha value is -7.00. The molecule has 0 aliphatic heterocycles. The number of aryl methyl sites for hydroxylation is 15. The summed E-state index contributed by atoms with van der Waals surface area (Å²) in [6.45, 7) is 109. The number of hydrogen-bond acceptors (Lipinski definition) is 13. The van der Waals surface area contributed by atoms with Crippen LogP contribution < -0.4 is 5.56 Å². The van der Waals surface area contributed by atoms with E-state index in [-0.39, 0.29) is 13.0 Å². The normalized spacial score (nSPS) is 10.9. The third-order valence-corrected chi connectivity index (χ3v) is 27.2. The van der Waals surface area contributed by atoms with Crippen molar-refractivity contribution >= 4 is 34.0 Å². The number of aromatic amines is 1. The maximum atomic E-state index is 11.5. The number of thiophene rings is 2. The van der Waals surface area contributed by atoms with Gasteiger partial charge < -0.3 is 13.9 Å². The standard InChI is InChI=1S/C14H22.C12H19N.C11H17NO.2C10H16N2.C10H16O.2C10H16S.C8H13NO.C8H13NS.CH4/c1-8(2)14-12(6)10(4)9(3)11(5)13(14)7;1-7(2)12-9(4)8(3)10(5)13-11(12)6;1-6(2)10-8(4)7(3)9(5)11(13)12-10;1-6(2)10-7(3)11-9(5)12-8(10)4;1-6(2)10-9(5)11-7(3)8(4)12-10;1-6(2)10-8(4)7(3)9(5)11-10;1-6(2)10-7(3)8(4)11-9(10)5;1-6(2)10-8(4)7(3)9(5)11-10;1-5(2)8-6(3)7(4)10-9-8;1-5(2)8-6(3)9-7(4)10-8;/h8H,1-7H3;7H,1-6H3;6H,1-5H3,(H,12,13);2*6H,1-5H3;3*6H,1-5H3;2*5H,1-4H3;1H4. The van der Waals surface area contributed by atoms with E-state index in [0.29, 0.717) is 59.2 Å². The molecular formula is C104H168N8O3S3. The molecule has 0 aliphatic carbocycles. The minimum Gasteiger partial charge on any atom is -0.466 e. The van der Waals surface area contributed by atoms with Crippen molar-refractivity contribution < 1.29 is 8.94 Å². The zero-order chi connectivity index (χ0) is 91.2. The molecule has 9 heterocycles. The first kappa shape index (κ1) is 111. The molecule has 1 aromatic carbocycles. The lowest BCUT2D eigenvalue weighted by molar-refractivity contribution is 0.387. The van der Waals surface area contributed by atoms with Crippen LogP contribution in [0.25, 0.3) is 0 Å². The van der Waals surface area contributed by atoms with Crippen molar-refractivity contribution in [1.82, 2.24) is 40.0 Å². The molecule has 660 valence electrons. The van der Waals surface area contributed by atoms with Crippen LogP contribution in [-0.4, -0.2) is 40.0 Å². The molecule has 0 saturated heterocycles. The van der Waals surface area contributed by atoms with E-state index in [4.69, 9.17) is 8.94 Å². The van der Waals surface area contributed by atoms with Crippen LogP contribution in [0, 0.1) is 215 Å². The summed E-state index contributed by atoms with van der Waals surface area (Å²) in [5, 5.41) is 5.12. The van der Waals surface area contributed by atoms with Gasteiger partial charge in [-0.1, -0.05) is 151 Å². The van der Waals surface area contributed by atoms with Gasteiger partial charge in [-0.2, -0.15) is 0 Å². The highest BCUT2D eigenvalue weighted by Crippen LogP contribution is 2.36. The Morgan fingerprint density at radius 3 is 0.983 bits per heavy atom. The van der Waals surface area contributed by atoms with Gasteiger partial charge in [-0.25, -0.2) is 15.0 Å². The Kier molecular flexibility index (Phi) is 46.8. The summed E-state index contributed by atoms with van der Waals surface area (Å²) in [7, 11) is 0. The minimum absolute atomic E-state index is 0. The van der Waals surface area contributed by atoms with Crippen LogP contribution in [0.2, 0.25) is 0 Å². The quantitative estimate of drug-likeness (QED) is 0.140. The Morgan fingerprint density at radius 1 is 0.263 bits per heavy atom. The first-order valence-electron chi connectivity index (χ1n) is 43.1. The third kappa shape index (κ3) is 31.2. The Bertz CT molecular complexity index is 4770. The van der Waals surface area contributed by atoms with Gasteiger partial charge in [0.1, 0.15) is 23.1 Å². The van der Waals surface area contributed by atoms with Gasteiger partial charge in [0.05, 0.1) is 39.2 Å². The lowest BCUT2D eigenvalue weighted by Crippen LogP contribution is -2.16. The van der Waals surface area contributed by atoms with Crippen LogP contribution >= 0.6 is 34.0 Å². The number of H-pyrrole nitrogens is 1. The van der Waals surface area contributed by atoms with Gasteiger partial charge in [-0.05, 0) is 368 Å². The molecule has 0 radical (unpaired) electrons. The molecule has 10 aromatic rings. The number of rotatable bonds is 10. The van der Waals surface area contributed by atoms with E-state index in [1.807, 2.05) is 96.3 Å². The van der Waals surface area contributed by atoms with Crippen LogP contribution in [0.3, 0.4) is 0 Å². The number of pyridine rings is 2. The number of nitrogens with one attached hydrogen (secondary N) is 1. The van der Waals surface area contributed by atoms with Gasteiger partial charge in [-0.3, -0.25) is 19.7 Å². The van der Waals surface area contributed by atoms with Crippen LogP contribution in [-0.2, 0) is 0 Å². The smallest absolute Gasteiger partial charge is 0.251 e. The zero-order valence-electron chi connectivity index (χ0n) is 83.9. The fourth-order valence-electron chi connectivity index (χ4n) is 15.3. The van der Waals surface area contributed by atoms with Crippen molar-refractivity contribution in [1.29, 1.82) is 0 Å². The summed E-state index contributed by atoms with van der Waals surface area (Å²) in [5.41, 5.74) is 39.7. The van der Waals surface area contributed by atoms with Gasteiger partial charge in [0.25, 0.3) is 5.56 Å². The highest BCUT2D eigenvalue weighted by atomic mass is 32.1. The summed E-state index contributed by atoms with van der Waals surface area (Å²) >= 11 is 5.68. The molecule has 0 saturated carbocycles. The Balaban J connectivity index is 0.00000129. The number of nitrogens with zero attached hydrogens (tertiary/aromatic N) is 7. The second-order valence-electron chi connectivity index (χ2n) is 35.7. The predicted octanol–water partition coefficient (Wildman–Crippen LogP) is 32.1. The number of thiazole rings is 1. The molecule has 0 amide bonds. The fourth-order valence-corrected chi connectivity index (χ4v) is 18.6. The molecule has 0 spiro atoms. The van der Waals surface area contributed by atoms with Gasteiger partial charge in [0.15, 0.2) is 0 Å². The van der Waals surface area contributed by atoms with E-state index in [0.717, 1.165) is 79.8 Å². The monoisotopic (exact) mass is 1670 g/mol. The number of aromatic nitrogens is 8. The largest absolute Gasteiger partial charge is 0.466 e. The second kappa shape index (κ2) is 49.8. The Labute approximate surface area is 734 Å². The van der Waals surface area contributed by atoms with E-state index < -0.39 is 0 Å². The van der Waals surface area contributed by atoms with Crippen LogP contribution in [0.5, 0.6) is 0 Å². The number of furan rings is 1. The first-order valence-corrected chi connectivity index (χ1v) is 45.5. The summed E-state index contributed by atoms with van der Waals surface area (Å²) in [4.78, 5) is 48.4. The van der Waals surface area contributed by atoms with Gasteiger partial charge in [0.2, 0.25) is 0 Å². The zero-order valence-corrected chi connectivity index (χ0v) is 86.3. The van der Waals surface area contributed by atoms with E-state index >= 15 is 0 Å². The van der Waals surface area contributed by atoms with E-state index in [2.05, 4.69) is 331 Å². The van der Waals surface area contributed by atoms with Crippen molar-refractivity contribution in [3.05, 3.63) is 237 Å². The molecule has 14 heteroatoms. The van der Waals surface area contributed by atoms with Crippen molar-refractivity contribution in [2.75, 3.05) is 0 Å². The van der Waals surface area contributed by atoms with Crippen LogP contribution in [0.1, 0.15) is 431 Å². The third-order valence-electron chi connectivity index (χ3n) is 23.1. The molecule has 9 aromatic heterocycles. The molecule has 0 unspecified atom stereocenters. The summed E-state index contributed by atoms with van der Waals surface area (Å²) in [6.07, 6.45) is 0. The fraction of sp³-hybridized carbons (Fsp3) is 0.596. The average Bonchev–Trinajstić information content (AvgIpc) is 1.23. The van der Waals surface area contributed by atoms with Crippen molar-refractivity contribution in [2.45, 2.75) is 420 Å². The van der Waals surface area contributed by atoms with Crippen molar-refractivity contribution in [3.63, 3.8) is 0 Å². The first-order chi connectivity index (χ1) is 53.7. The molecule has 11 nitrogen and oxygen atoms in total. The summed E-state index contributed by atoms with van der Waals surface area (Å²) in [5.74, 6) is 9.55. The molecule has 0 fully saturated rings. The predicted molar refractivity (Wildman–Crippen MR) is 522 cm³/mol.